The molecule has 3 N–H and O–H groups in total. The van der Waals surface area contributed by atoms with Crippen LogP contribution in [0.3, 0.4) is 0 Å². The quantitative estimate of drug-likeness (QED) is 0.397. The standard InChI is InChI=1S/C23H22N6O2S.C3H6.C2H6/c1-29-9-8-19-20(14-29)32-23(27-19)28-21(30)17-6-2-5-16(10-17)13-25-22(31)26-18-7-3-4-15(11-18)12-24;1-2-3-1;1-2/h2-7,10-11H,8-9,13-14H2,1H3,(H2,25,26,31)(H,27,28,30);1-3H2;1-2H3. The van der Waals surface area contributed by atoms with Gasteiger partial charge in [0, 0.05) is 42.2 Å². The molecule has 1 aliphatic carbocycles. The summed E-state index contributed by atoms with van der Waals surface area (Å²) in [6.07, 6.45) is 5.39. The molecule has 3 amide bonds. The third kappa shape index (κ3) is 9.01. The number of nitrogens with one attached hydrogen (secondary N) is 3. The van der Waals surface area contributed by atoms with E-state index >= 15 is 0 Å². The summed E-state index contributed by atoms with van der Waals surface area (Å²) in [7, 11) is 2.07. The molecule has 0 bridgehead atoms. The van der Waals surface area contributed by atoms with Gasteiger partial charge < -0.3 is 15.5 Å². The van der Waals surface area contributed by atoms with E-state index in [0.29, 0.717) is 21.9 Å². The molecule has 194 valence electrons. The molecule has 0 unspecified atom stereocenters. The second kappa shape index (κ2) is 14.1. The Hall–Kier alpha value is -3.74. The van der Waals surface area contributed by atoms with E-state index in [1.54, 1.807) is 42.5 Å². The maximum atomic E-state index is 12.7. The Balaban J connectivity index is 0.000000694. The number of anilines is 2. The molecular formula is C28H34N6O2S. The number of urea groups is 1. The van der Waals surface area contributed by atoms with Crippen LogP contribution in [0.5, 0.6) is 0 Å². The summed E-state index contributed by atoms with van der Waals surface area (Å²) in [6.45, 7) is 6.08. The van der Waals surface area contributed by atoms with Gasteiger partial charge in [0.05, 0.1) is 17.3 Å². The Bertz CT molecular complexity index is 1240. The zero-order valence-corrected chi connectivity index (χ0v) is 22.5. The first-order chi connectivity index (χ1) is 18.0. The summed E-state index contributed by atoms with van der Waals surface area (Å²) in [5.74, 6) is -0.232. The van der Waals surface area contributed by atoms with Crippen LogP contribution in [-0.2, 0) is 19.5 Å². The number of thiazole rings is 1. The number of carbonyl (C=O) groups excluding carboxylic acids is 2. The second-order valence-corrected chi connectivity index (χ2v) is 9.68. The average molecular weight is 519 g/mol. The van der Waals surface area contributed by atoms with E-state index in [9.17, 15) is 9.59 Å². The molecule has 0 saturated heterocycles. The lowest BCUT2D eigenvalue weighted by molar-refractivity contribution is 0.102. The number of fused-ring (bicyclic) bond motifs is 1. The first-order valence-electron chi connectivity index (χ1n) is 12.6. The maximum Gasteiger partial charge on any atom is 0.319 e. The van der Waals surface area contributed by atoms with E-state index in [0.717, 1.165) is 30.8 Å². The zero-order valence-electron chi connectivity index (χ0n) is 21.6. The van der Waals surface area contributed by atoms with Crippen molar-refractivity contribution in [3.8, 4) is 6.07 Å². The first kappa shape index (κ1) is 27.8. The number of nitrogens with zero attached hydrogens (tertiary/aromatic N) is 3. The number of rotatable bonds is 5. The Morgan fingerprint density at radius 1 is 1.08 bits per heavy atom. The maximum absolute atomic E-state index is 12.7. The Kier molecular flexibility index (Phi) is 10.6. The monoisotopic (exact) mass is 518 g/mol. The highest BCUT2D eigenvalue weighted by Gasteiger charge is 2.19. The van der Waals surface area contributed by atoms with Crippen LogP contribution in [-0.4, -0.2) is 35.4 Å². The van der Waals surface area contributed by atoms with Crippen LogP contribution >= 0.6 is 11.3 Å². The largest absolute Gasteiger partial charge is 0.334 e. The molecule has 2 heterocycles. The minimum absolute atomic E-state index is 0.232. The van der Waals surface area contributed by atoms with Crippen LogP contribution in [0.15, 0.2) is 48.5 Å². The second-order valence-electron chi connectivity index (χ2n) is 8.59. The molecular weight excluding hydrogens is 484 g/mol. The van der Waals surface area contributed by atoms with Crippen molar-refractivity contribution in [2.75, 3.05) is 24.2 Å². The molecule has 8 nitrogen and oxygen atoms in total. The molecule has 1 aliphatic heterocycles. The summed E-state index contributed by atoms with van der Waals surface area (Å²) in [6, 6.07) is 15.4. The lowest BCUT2D eigenvalue weighted by Crippen LogP contribution is -2.28. The molecule has 1 aromatic heterocycles. The van der Waals surface area contributed by atoms with Gasteiger partial charge >= 0.3 is 6.03 Å². The van der Waals surface area contributed by atoms with E-state index in [1.165, 1.54) is 35.5 Å². The van der Waals surface area contributed by atoms with E-state index in [-0.39, 0.29) is 12.5 Å². The third-order valence-electron chi connectivity index (χ3n) is 5.39. The van der Waals surface area contributed by atoms with E-state index < -0.39 is 6.03 Å². The van der Waals surface area contributed by atoms with Crippen LogP contribution in [0.1, 0.15) is 65.2 Å². The smallest absolute Gasteiger partial charge is 0.319 e. The fourth-order valence-electron chi connectivity index (χ4n) is 3.39. The normalized spacial score (nSPS) is 13.4. The number of benzene rings is 2. The van der Waals surface area contributed by atoms with Gasteiger partial charge in [-0.25, -0.2) is 9.78 Å². The van der Waals surface area contributed by atoms with Crippen molar-refractivity contribution in [3.05, 3.63) is 75.8 Å². The predicted molar refractivity (Wildman–Crippen MR) is 149 cm³/mol. The minimum atomic E-state index is -0.395. The fraction of sp³-hybridized carbons (Fsp3) is 0.357. The van der Waals surface area contributed by atoms with Crippen molar-refractivity contribution >= 4 is 34.1 Å². The predicted octanol–water partition coefficient (Wildman–Crippen LogP) is 5.77. The number of carbonyl (C=O) groups is 2. The molecule has 2 aliphatic rings. The highest BCUT2D eigenvalue weighted by Crippen LogP contribution is 2.28. The first-order valence-corrected chi connectivity index (χ1v) is 13.4. The minimum Gasteiger partial charge on any atom is -0.334 e. The van der Waals surface area contributed by atoms with Crippen molar-refractivity contribution in [1.29, 1.82) is 5.26 Å². The fourth-order valence-corrected chi connectivity index (χ4v) is 4.48. The van der Waals surface area contributed by atoms with Crippen LogP contribution in [0.4, 0.5) is 15.6 Å². The topological polar surface area (TPSA) is 110 Å². The van der Waals surface area contributed by atoms with Gasteiger partial charge in [-0.2, -0.15) is 5.26 Å². The van der Waals surface area contributed by atoms with Gasteiger partial charge in [0.25, 0.3) is 5.91 Å². The van der Waals surface area contributed by atoms with Gasteiger partial charge in [-0.05, 0) is 42.9 Å². The van der Waals surface area contributed by atoms with Crippen molar-refractivity contribution in [1.82, 2.24) is 15.2 Å². The van der Waals surface area contributed by atoms with Crippen LogP contribution < -0.4 is 16.0 Å². The highest BCUT2D eigenvalue weighted by molar-refractivity contribution is 7.15. The zero-order chi connectivity index (χ0) is 26.6. The van der Waals surface area contributed by atoms with Gasteiger partial charge in [0.15, 0.2) is 5.13 Å². The van der Waals surface area contributed by atoms with Gasteiger partial charge in [0.2, 0.25) is 0 Å². The Morgan fingerprint density at radius 3 is 2.57 bits per heavy atom. The number of amides is 3. The van der Waals surface area contributed by atoms with Crippen molar-refractivity contribution in [2.45, 2.75) is 52.6 Å². The van der Waals surface area contributed by atoms with Gasteiger partial charge in [-0.1, -0.05) is 51.3 Å². The van der Waals surface area contributed by atoms with Gasteiger partial charge in [-0.15, -0.1) is 11.3 Å². The Morgan fingerprint density at radius 2 is 1.84 bits per heavy atom. The summed E-state index contributed by atoms with van der Waals surface area (Å²) in [5, 5.41) is 17.9. The lowest BCUT2D eigenvalue weighted by Gasteiger charge is -2.20. The van der Waals surface area contributed by atoms with Crippen LogP contribution in [0.25, 0.3) is 0 Å². The van der Waals surface area contributed by atoms with Crippen molar-refractivity contribution < 1.29 is 9.59 Å². The molecule has 9 heteroatoms. The number of hydrogen-bond donors (Lipinski definition) is 3. The van der Waals surface area contributed by atoms with Gasteiger partial charge in [0.1, 0.15) is 0 Å². The number of aromatic nitrogens is 1. The average Bonchev–Trinajstić information content (AvgIpc) is 3.76. The van der Waals surface area contributed by atoms with Crippen LogP contribution in [0, 0.1) is 11.3 Å². The number of likely N-dealkylation sites (N-methyl/N-ethyl adjacent to an activating group) is 1. The molecule has 3 aromatic rings. The van der Waals surface area contributed by atoms with Crippen molar-refractivity contribution in [2.24, 2.45) is 0 Å². The summed E-state index contributed by atoms with van der Waals surface area (Å²) in [4.78, 5) is 32.9. The molecule has 5 rings (SSSR count). The molecule has 1 fully saturated rings. The SMILES string of the molecule is C1CC1.CC.CN1CCc2nc(NC(=O)c3cccc(CNC(=O)Nc4cccc(C#N)c4)c3)sc2C1. The molecule has 0 radical (unpaired) electrons. The third-order valence-corrected chi connectivity index (χ3v) is 6.39. The summed E-state index contributed by atoms with van der Waals surface area (Å²) < 4.78 is 0. The number of hydrogen-bond acceptors (Lipinski definition) is 6. The summed E-state index contributed by atoms with van der Waals surface area (Å²) >= 11 is 1.51. The number of nitriles is 1. The molecule has 2 aromatic carbocycles. The Labute approximate surface area is 222 Å². The molecule has 37 heavy (non-hydrogen) atoms. The molecule has 0 atom stereocenters. The van der Waals surface area contributed by atoms with E-state index in [1.807, 2.05) is 26.0 Å². The lowest BCUT2D eigenvalue weighted by atomic mass is 10.1. The van der Waals surface area contributed by atoms with Crippen molar-refractivity contribution in [3.63, 3.8) is 0 Å². The van der Waals surface area contributed by atoms with Crippen LogP contribution in [0.2, 0.25) is 0 Å². The van der Waals surface area contributed by atoms with E-state index in [2.05, 4.69) is 32.9 Å². The molecule has 0 spiro atoms. The van der Waals surface area contributed by atoms with Gasteiger partial charge in [-0.3, -0.25) is 10.1 Å². The van der Waals surface area contributed by atoms with E-state index in [4.69, 9.17) is 5.26 Å². The summed E-state index contributed by atoms with van der Waals surface area (Å²) in [5.41, 5.74) is 3.35. The highest BCUT2D eigenvalue weighted by atomic mass is 32.1. The molecule has 1 saturated carbocycles.